The molecule has 2 rings (SSSR count). The van der Waals surface area contributed by atoms with Crippen LogP contribution in [0.3, 0.4) is 0 Å². The van der Waals surface area contributed by atoms with Gasteiger partial charge >= 0.3 is 19.0 Å². The Hall–Kier alpha value is -2.60. The molecule has 2 aromatic rings. The third kappa shape index (κ3) is 7.55. The number of aliphatic hydroxyl groups is 1. The minimum Gasteiger partial charge on any atom is -0.485 e. The Balaban J connectivity index is 2.32. The van der Waals surface area contributed by atoms with Crippen LogP contribution >= 0.6 is 0 Å². The molecule has 172 valence electrons. The highest BCUT2D eigenvalue weighted by Crippen LogP contribution is 2.37. The van der Waals surface area contributed by atoms with E-state index in [1.54, 1.807) is 0 Å². The highest BCUT2D eigenvalue weighted by Gasteiger charge is 2.36. The van der Waals surface area contributed by atoms with E-state index in [1.807, 2.05) is 0 Å². The topological polar surface area (TPSA) is 50.7 Å². The molecule has 0 atom stereocenters. The summed E-state index contributed by atoms with van der Waals surface area (Å²) in [5, 5.41) is 11.6. The molecule has 4 nitrogen and oxygen atoms in total. The molecule has 2 aromatic carbocycles. The molecular formula is C19H17F8NO3. The van der Waals surface area contributed by atoms with Gasteiger partial charge in [0.1, 0.15) is 6.61 Å². The van der Waals surface area contributed by atoms with Crippen molar-refractivity contribution >= 4 is 0 Å². The lowest BCUT2D eigenvalue weighted by atomic mass is 10.1. The molecule has 0 aliphatic heterocycles. The number of hydrogen-bond acceptors (Lipinski definition) is 4. The van der Waals surface area contributed by atoms with Crippen molar-refractivity contribution in [3.8, 4) is 11.5 Å². The van der Waals surface area contributed by atoms with Crippen LogP contribution < -0.4 is 14.8 Å². The second kappa shape index (κ2) is 10.1. The standard InChI is InChI=1S/C19H17F8NO3/c20-17(21)31-15-2-1-11(9-28-3-4-29)7-16(15)30-10-12-5-13(18(22,23)24)8-14(6-12)19(25,26)27/h1-2,5-8,17,28-29H,3-4,9-10H2. The Morgan fingerprint density at radius 3 is 1.97 bits per heavy atom. The van der Waals surface area contributed by atoms with E-state index >= 15 is 0 Å². The molecule has 2 N–H and O–H groups in total. The number of aliphatic hydroxyl groups excluding tert-OH is 1. The van der Waals surface area contributed by atoms with E-state index in [1.165, 1.54) is 12.1 Å². The van der Waals surface area contributed by atoms with Crippen LogP contribution in [-0.2, 0) is 25.5 Å². The first-order valence-corrected chi connectivity index (χ1v) is 8.70. The van der Waals surface area contributed by atoms with Crippen LogP contribution in [0.1, 0.15) is 22.3 Å². The summed E-state index contributed by atoms with van der Waals surface area (Å²) in [6, 6.07) is 4.72. The molecule has 0 fully saturated rings. The predicted molar refractivity (Wildman–Crippen MR) is 92.6 cm³/mol. The normalized spacial score (nSPS) is 12.3. The second-order valence-corrected chi connectivity index (χ2v) is 6.26. The number of nitrogens with one attached hydrogen (secondary N) is 1. The monoisotopic (exact) mass is 459 g/mol. The van der Waals surface area contributed by atoms with Crippen LogP contribution in [0.2, 0.25) is 0 Å². The Kier molecular flexibility index (Phi) is 8.07. The summed E-state index contributed by atoms with van der Waals surface area (Å²) in [6.07, 6.45) is -10.1. The van der Waals surface area contributed by atoms with Gasteiger partial charge in [-0.2, -0.15) is 35.1 Å². The molecule has 31 heavy (non-hydrogen) atoms. The summed E-state index contributed by atoms with van der Waals surface area (Å²) >= 11 is 0. The Bertz CT molecular complexity index is 836. The largest absolute Gasteiger partial charge is 0.485 e. The first-order chi connectivity index (χ1) is 14.4. The highest BCUT2D eigenvalue weighted by molar-refractivity contribution is 5.43. The second-order valence-electron chi connectivity index (χ2n) is 6.26. The molecule has 0 radical (unpaired) electrons. The summed E-state index contributed by atoms with van der Waals surface area (Å²) in [6.45, 7) is -3.73. The molecule has 0 saturated heterocycles. The van der Waals surface area contributed by atoms with E-state index in [0.29, 0.717) is 17.7 Å². The number of halogens is 8. The summed E-state index contributed by atoms with van der Waals surface area (Å²) in [5.74, 6) is -0.738. The molecule has 12 heteroatoms. The third-order valence-corrected chi connectivity index (χ3v) is 3.88. The maximum absolute atomic E-state index is 13.0. The van der Waals surface area contributed by atoms with Crippen LogP contribution in [0.15, 0.2) is 36.4 Å². The number of ether oxygens (including phenoxy) is 2. The van der Waals surface area contributed by atoms with E-state index in [2.05, 4.69) is 10.1 Å². The maximum atomic E-state index is 13.0. The van der Waals surface area contributed by atoms with Gasteiger partial charge in [-0.15, -0.1) is 0 Å². The van der Waals surface area contributed by atoms with Gasteiger partial charge in [-0.25, -0.2) is 0 Å². The third-order valence-electron chi connectivity index (χ3n) is 3.88. The summed E-state index contributed by atoms with van der Waals surface area (Å²) < 4.78 is 113. The van der Waals surface area contributed by atoms with Crippen molar-refractivity contribution < 1.29 is 49.7 Å². The van der Waals surface area contributed by atoms with Crippen molar-refractivity contribution in [1.82, 2.24) is 5.32 Å². The summed E-state index contributed by atoms with van der Waals surface area (Å²) in [5.41, 5.74) is -3.02. The van der Waals surface area contributed by atoms with Gasteiger partial charge in [0.15, 0.2) is 11.5 Å². The van der Waals surface area contributed by atoms with Crippen molar-refractivity contribution in [1.29, 1.82) is 0 Å². The molecule has 0 amide bonds. The average Bonchev–Trinajstić information content (AvgIpc) is 2.66. The van der Waals surface area contributed by atoms with E-state index in [0.717, 1.165) is 6.07 Å². The van der Waals surface area contributed by atoms with Crippen molar-refractivity contribution in [3.63, 3.8) is 0 Å². The van der Waals surface area contributed by atoms with Crippen molar-refractivity contribution in [2.75, 3.05) is 13.2 Å². The van der Waals surface area contributed by atoms with E-state index < -0.39 is 48.0 Å². The lowest BCUT2D eigenvalue weighted by Gasteiger charge is -2.16. The Morgan fingerprint density at radius 1 is 0.839 bits per heavy atom. The van der Waals surface area contributed by atoms with E-state index in [-0.39, 0.29) is 31.5 Å². The number of alkyl halides is 8. The zero-order valence-corrected chi connectivity index (χ0v) is 15.7. The lowest BCUT2D eigenvalue weighted by molar-refractivity contribution is -0.143. The number of benzene rings is 2. The van der Waals surface area contributed by atoms with Crippen LogP contribution in [0.25, 0.3) is 0 Å². The fourth-order valence-electron chi connectivity index (χ4n) is 2.54. The zero-order valence-electron chi connectivity index (χ0n) is 15.7. The van der Waals surface area contributed by atoms with Crippen LogP contribution in [0.4, 0.5) is 35.1 Å². The first-order valence-electron chi connectivity index (χ1n) is 8.70. The number of hydrogen-bond donors (Lipinski definition) is 2. The molecule has 0 unspecified atom stereocenters. The van der Waals surface area contributed by atoms with Gasteiger partial charge < -0.3 is 19.9 Å². The van der Waals surface area contributed by atoms with Gasteiger partial charge in [0.25, 0.3) is 0 Å². The fourth-order valence-corrected chi connectivity index (χ4v) is 2.54. The van der Waals surface area contributed by atoms with Gasteiger partial charge in [-0.05, 0) is 41.5 Å². The van der Waals surface area contributed by atoms with Gasteiger partial charge in [0.2, 0.25) is 0 Å². The van der Waals surface area contributed by atoms with Crippen LogP contribution in [0, 0.1) is 0 Å². The summed E-state index contributed by atoms with van der Waals surface area (Å²) in [4.78, 5) is 0. The lowest BCUT2D eigenvalue weighted by Crippen LogP contribution is -2.17. The fraction of sp³-hybridized carbons (Fsp3) is 0.368. The minimum absolute atomic E-state index is 0.0255. The van der Waals surface area contributed by atoms with Crippen LogP contribution in [0.5, 0.6) is 11.5 Å². The number of rotatable bonds is 9. The Morgan fingerprint density at radius 2 is 1.45 bits per heavy atom. The molecule has 0 bridgehead atoms. The quantitative estimate of drug-likeness (QED) is 0.410. The van der Waals surface area contributed by atoms with Gasteiger partial charge in [0, 0.05) is 13.1 Å². The SMILES string of the molecule is OCCNCc1ccc(OC(F)F)c(OCc2cc(C(F)(F)F)cc(C(F)(F)F)c2)c1. The molecular weight excluding hydrogens is 442 g/mol. The predicted octanol–water partition coefficient (Wildman–Crippen LogP) is 4.99. The molecule has 0 heterocycles. The molecule has 0 spiro atoms. The molecule has 0 aromatic heterocycles. The smallest absolute Gasteiger partial charge is 0.416 e. The Labute approximate surface area is 171 Å². The van der Waals surface area contributed by atoms with Crippen molar-refractivity contribution in [2.24, 2.45) is 0 Å². The summed E-state index contributed by atoms with van der Waals surface area (Å²) in [7, 11) is 0. The highest BCUT2D eigenvalue weighted by atomic mass is 19.4. The zero-order chi connectivity index (χ0) is 23.2. The van der Waals surface area contributed by atoms with Crippen molar-refractivity contribution in [2.45, 2.75) is 32.1 Å². The molecule has 0 aliphatic carbocycles. The molecule has 0 saturated carbocycles. The van der Waals surface area contributed by atoms with Gasteiger partial charge in [-0.1, -0.05) is 6.07 Å². The first kappa shape index (κ1) is 24.7. The molecule has 0 aliphatic rings. The minimum atomic E-state index is -5.03. The van der Waals surface area contributed by atoms with E-state index in [9.17, 15) is 35.1 Å². The van der Waals surface area contributed by atoms with Crippen LogP contribution in [-0.4, -0.2) is 24.9 Å². The average molecular weight is 459 g/mol. The van der Waals surface area contributed by atoms with Gasteiger partial charge in [-0.3, -0.25) is 0 Å². The maximum Gasteiger partial charge on any atom is 0.416 e. The van der Waals surface area contributed by atoms with Gasteiger partial charge in [0.05, 0.1) is 17.7 Å². The van der Waals surface area contributed by atoms with Crippen molar-refractivity contribution in [3.05, 3.63) is 58.7 Å². The van der Waals surface area contributed by atoms with E-state index in [4.69, 9.17) is 9.84 Å².